The Kier molecular flexibility index (Phi) is 6.24. The summed E-state index contributed by atoms with van der Waals surface area (Å²) in [6.07, 6.45) is 0.997. The van der Waals surface area contributed by atoms with Crippen LogP contribution >= 0.6 is 0 Å². The Balaban J connectivity index is 1.73. The molecule has 2 aromatic carbocycles. The fourth-order valence-corrected chi connectivity index (χ4v) is 5.36. The number of ether oxygens (including phenoxy) is 1. The number of benzene rings is 2. The zero-order chi connectivity index (χ0) is 21.1. The third-order valence-electron chi connectivity index (χ3n) is 5.40. The van der Waals surface area contributed by atoms with Crippen molar-refractivity contribution in [2.75, 3.05) is 19.7 Å². The van der Waals surface area contributed by atoms with Gasteiger partial charge in [-0.1, -0.05) is 18.2 Å². The van der Waals surface area contributed by atoms with E-state index in [4.69, 9.17) is 10.5 Å². The van der Waals surface area contributed by atoms with E-state index in [0.29, 0.717) is 29.1 Å². The smallest absolute Gasteiger partial charge is 0.243 e. The van der Waals surface area contributed by atoms with Crippen molar-refractivity contribution in [3.05, 3.63) is 59.9 Å². The van der Waals surface area contributed by atoms with Gasteiger partial charge in [-0.05, 0) is 55.7 Å². The van der Waals surface area contributed by atoms with E-state index >= 15 is 0 Å². The van der Waals surface area contributed by atoms with Gasteiger partial charge in [0.1, 0.15) is 11.6 Å². The number of nitrogens with zero attached hydrogens (tertiary/aromatic N) is 1. The molecule has 0 saturated carbocycles. The van der Waals surface area contributed by atoms with E-state index in [-0.39, 0.29) is 31.9 Å². The first-order valence-electron chi connectivity index (χ1n) is 9.44. The van der Waals surface area contributed by atoms with Crippen molar-refractivity contribution in [1.29, 1.82) is 0 Å². The first-order chi connectivity index (χ1) is 13.7. The molecule has 0 radical (unpaired) electrons. The highest BCUT2D eigenvalue weighted by atomic mass is 32.2. The van der Waals surface area contributed by atoms with Crippen molar-refractivity contribution in [2.24, 2.45) is 11.1 Å². The van der Waals surface area contributed by atoms with Crippen molar-refractivity contribution in [1.82, 2.24) is 4.31 Å². The molecule has 0 spiro atoms. The third-order valence-corrected chi connectivity index (χ3v) is 7.46. The number of rotatable bonds is 7. The topological polar surface area (TPSA) is 89.7 Å². The number of hydrogen-bond donors (Lipinski definition) is 1. The molecular formula is C21H25FN2O4S. The Bertz CT molecular complexity index is 968. The number of halogens is 1. The average Bonchev–Trinajstić information content (AvgIpc) is 2.68. The number of hydrogen-bond acceptors (Lipinski definition) is 4. The van der Waals surface area contributed by atoms with Gasteiger partial charge >= 0.3 is 0 Å². The molecule has 29 heavy (non-hydrogen) atoms. The molecule has 1 fully saturated rings. The highest BCUT2D eigenvalue weighted by Gasteiger charge is 2.40. The van der Waals surface area contributed by atoms with Crippen LogP contribution in [0.15, 0.2) is 53.4 Å². The maximum Gasteiger partial charge on any atom is 0.243 e. The van der Waals surface area contributed by atoms with Crippen molar-refractivity contribution in [3.63, 3.8) is 0 Å². The quantitative estimate of drug-likeness (QED) is 0.746. The zero-order valence-corrected chi connectivity index (χ0v) is 17.1. The number of nitrogens with two attached hydrogens (primary N) is 1. The van der Waals surface area contributed by atoms with Gasteiger partial charge in [-0.2, -0.15) is 4.31 Å². The lowest BCUT2D eigenvalue weighted by molar-refractivity contribution is -0.121. The highest BCUT2D eigenvalue weighted by Crippen LogP contribution is 2.37. The van der Waals surface area contributed by atoms with Crippen LogP contribution in [0.5, 0.6) is 5.75 Å². The molecule has 3 rings (SSSR count). The summed E-state index contributed by atoms with van der Waals surface area (Å²) in [5.41, 5.74) is 5.59. The first-order valence-corrected chi connectivity index (χ1v) is 10.9. The van der Waals surface area contributed by atoms with Gasteiger partial charge in [0.2, 0.25) is 15.9 Å². The molecule has 1 saturated heterocycles. The van der Waals surface area contributed by atoms with Crippen LogP contribution in [0.4, 0.5) is 4.39 Å². The van der Waals surface area contributed by atoms with E-state index in [1.54, 1.807) is 31.2 Å². The molecule has 2 aromatic rings. The molecule has 8 heteroatoms. The maximum atomic E-state index is 13.1. The van der Waals surface area contributed by atoms with Crippen LogP contribution in [0.3, 0.4) is 0 Å². The molecule has 2 N–H and O–H groups in total. The fraction of sp³-hybridized carbons (Fsp3) is 0.381. The Hall–Kier alpha value is -2.45. The second-order valence-electron chi connectivity index (χ2n) is 7.56. The van der Waals surface area contributed by atoms with E-state index in [0.717, 1.165) is 0 Å². The molecular weight excluding hydrogens is 395 g/mol. The lowest BCUT2D eigenvalue weighted by Crippen LogP contribution is -2.47. The van der Waals surface area contributed by atoms with E-state index in [2.05, 4.69) is 0 Å². The summed E-state index contributed by atoms with van der Waals surface area (Å²) in [4.78, 5) is 12.0. The lowest BCUT2D eigenvalue weighted by Gasteiger charge is -2.40. The molecule has 6 nitrogen and oxygen atoms in total. The molecule has 0 bridgehead atoms. The predicted octanol–water partition coefficient (Wildman–Crippen LogP) is 2.86. The van der Waals surface area contributed by atoms with Crippen LogP contribution in [0.25, 0.3) is 0 Å². The SMILES string of the molecule is Cc1ccccc1S(=O)(=O)N1CCC(COc2ccc(F)cc2)(CC(N)=O)CC1. The zero-order valence-electron chi connectivity index (χ0n) is 16.3. The number of piperidine rings is 1. The molecule has 0 unspecified atom stereocenters. The Morgan fingerprint density at radius 2 is 1.76 bits per heavy atom. The number of primary amides is 1. The van der Waals surface area contributed by atoms with Crippen molar-refractivity contribution in [2.45, 2.75) is 31.1 Å². The summed E-state index contributed by atoms with van der Waals surface area (Å²) < 4.78 is 46.4. The summed E-state index contributed by atoms with van der Waals surface area (Å²) >= 11 is 0. The monoisotopic (exact) mass is 420 g/mol. The van der Waals surface area contributed by atoms with Gasteiger partial charge in [0.25, 0.3) is 0 Å². The van der Waals surface area contributed by atoms with E-state index in [1.807, 2.05) is 0 Å². The van der Waals surface area contributed by atoms with Crippen molar-refractivity contribution in [3.8, 4) is 5.75 Å². The van der Waals surface area contributed by atoms with Crippen LogP contribution in [-0.4, -0.2) is 38.3 Å². The minimum atomic E-state index is -3.61. The molecule has 1 amide bonds. The molecule has 1 heterocycles. The number of carbonyl (C=O) groups excluding carboxylic acids is 1. The van der Waals surface area contributed by atoms with Gasteiger partial charge < -0.3 is 10.5 Å². The summed E-state index contributed by atoms with van der Waals surface area (Å²) in [5, 5.41) is 0. The second-order valence-corrected chi connectivity index (χ2v) is 9.46. The van der Waals surface area contributed by atoms with Gasteiger partial charge in [0, 0.05) is 24.9 Å². The number of aryl methyl sites for hydroxylation is 1. The van der Waals surface area contributed by atoms with Crippen molar-refractivity contribution < 1.29 is 22.3 Å². The third kappa shape index (κ3) is 4.94. The Labute approximate surface area is 170 Å². The van der Waals surface area contributed by atoms with Gasteiger partial charge in [0.15, 0.2) is 0 Å². The summed E-state index contributed by atoms with van der Waals surface area (Å²) in [6.45, 7) is 2.53. The Morgan fingerprint density at radius 1 is 1.14 bits per heavy atom. The van der Waals surface area contributed by atoms with E-state index in [9.17, 15) is 17.6 Å². The molecule has 156 valence electrons. The van der Waals surface area contributed by atoms with Gasteiger partial charge in [-0.25, -0.2) is 12.8 Å². The van der Waals surface area contributed by atoms with Crippen molar-refractivity contribution >= 4 is 15.9 Å². The molecule has 1 aliphatic rings. The van der Waals surface area contributed by atoms with Crippen LogP contribution in [-0.2, 0) is 14.8 Å². The second kappa shape index (κ2) is 8.51. The standard InChI is InChI=1S/C21H25FN2O4S/c1-16-4-2-3-5-19(16)29(26,27)24-12-10-21(11-13-24,14-20(23)25)15-28-18-8-6-17(22)7-9-18/h2-9H,10-15H2,1H3,(H2,23,25). The van der Waals surface area contributed by atoms with Crippen LogP contribution in [0, 0.1) is 18.2 Å². The molecule has 0 atom stereocenters. The van der Waals surface area contributed by atoms with Crippen LogP contribution in [0.1, 0.15) is 24.8 Å². The molecule has 0 aromatic heterocycles. The number of amides is 1. The predicted molar refractivity (Wildman–Crippen MR) is 107 cm³/mol. The van der Waals surface area contributed by atoms with Crippen LogP contribution in [0.2, 0.25) is 0 Å². The normalized spacial score (nSPS) is 17.0. The van der Waals surface area contributed by atoms with Crippen LogP contribution < -0.4 is 10.5 Å². The minimum Gasteiger partial charge on any atom is -0.493 e. The number of carbonyl (C=O) groups is 1. The van der Waals surface area contributed by atoms with E-state index in [1.165, 1.54) is 28.6 Å². The largest absolute Gasteiger partial charge is 0.493 e. The highest BCUT2D eigenvalue weighted by molar-refractivity contribution is 7.89. The Morgan fingerprint density at radius 3 is 2.34 bits per heavy atom. The first kappa shape index (κ1) is 21.3. The van der Waals surface area contributed by atoms with Gasteiger partial charge in [-0.15, -0.1) is 0 Å². The minimum absolute atomic E-state index is 0.104. The van der Waals surface area contributed by atoms with E-state index < -0.39 is 21.3 Å². The van der Waals surface area contributed by atoms with Gasteiger partial charge in [0.05, 0.1) is 11.5 Å². The van der Waals surface area contributed by atoms with Gasteiger partial charge in [-0.3, -0.25) is 4.79 Å². The maximum absolute atomic E-state index is 13.1. The molecule has 1 aliphatic heterocycles. The molecule has 0 aliphatic carbocycles. The lowest BCUT2D eigenvalue weighted by atomic mass is 9.76. The summed E-state index contributed by atoms with van der Waals surface area (Å²) in [5.74, 6) is -0.327. The summed E-state index contributed by atoms with van der Waals surface area (Å²) in [6, 6.07) is 12.5. The summed E-state index contributed by atoms with van der Waals surface area (Å²) in [7, 11) is -3.61. The number of sulfonamides is 1. The fourth-order valence-electron chi connectivity index (χ4n) is 3.69. The average molecular weight is 421 g/mol.